The van der Waals surface area contributed by atoms with Crippen molar-refractivity contribution in [3.05, 3.63) is 11.9 Å². The summed E-state index contributed by atoms with van der Waals surface area (Å²) < 4.78 is 7.37. The third kappa shape index (κ3) is 2.73. The van der Waals surface area contributed by atoms with Crippen LogP contribution in [0.3, 0.4) is 0 Å². The maximum absolute atomic E-state index is 11.8. The van der Waals surface area contributed by atoms with Crippen molar-refractivity contribution < 1.29 is 9.53 Å². The summed E-state index contributed by atoms with van der Waals surface area (Å²) in [7, 11) is 3.34. The average Bonchev–Trinajstić information content (AvgIpc) is 2.89. The van der Waals surface area contributed by atoms with Crippen LogP contribution in [0.5, 0.6) is 5.75 Å². The molecule has 1 aliphatic heterocycles. The number of carbonyl (C=O) groups is 1. The number of nitrogens with one attached hydrogen (secondary N) is 2. The number of carbonyl (C=O) groups excluding carboxylic acids is 1. The second-order valence-corrected chi connectivity index (χ2v) is 4.76. The fraction of sp³-hybridized carbons (Fsp3) is 0.692. The summed E-state index contributed by atoms with van der Waals surface area (Å²) >= 11 is 0. The Morgan fingerprint density at radius 3 is 3.11 bits per heavy atom. The van der Waals surface area contributed by atoms with Gasteiger partial charge in [0.15, 0.2) is 5.75 Å². The van der Waals surface area contributed by atoms with Crippen LogP contribution in [0.2, 0.25) is 0 Å². The number of hydrogen-bond acceptors (Lipinski definition) is 4. The van der Waals surface area contributed by atoms with Gasteiger partial charge in [-0.1, -0.05) is 0 Å². The van der Waals surface area contributed by atoms with Gasteiger partial charge >= 0.3 is 0 Å². The summed E-state index contributed by atoms with van der Waals surface area (Å²) in [5.41, 5.74) is 1.11. The molecule has 0 aliphatic carbocycles. The number of ether oxygens (including phenoxy) is 1. The number of piperidine rings is 1. The second kappa shape index (κ2) is 6.06. The minimum Gasteiger partial charge on any atom is -0.493 e. The van der Waals surface area contributed by atoms with Crippen molar-refractivity contribution in [1.82, 2.24) is 20.4 Å². The Balaban J connectivity index is 2.21. The van der Waals surface area contributed by atoms with Gasteiger partial charge in [0, 0.05) is 19.5 Å². The zero-order chi connectivity index (χ0) is 13.8. The van der Waals surface area contributed by atoms with E-state index in [4.69, 9.17) is 4.74 Å². The number of nitrogens with zero attached hydrogens (tertiary/aromatic N) is 2. The molecule has 1 aromatic rings. The van der Waals surface area contributed by atoms with Crippen molar-refractivity contribution in [3.8, 4) is 5.75 Å². The van der Waals surface area contributed by atoms with Gasteiger partial charge in [-0.15, -0.1) is 0 Å². The predicted molar refractivity (Wildman–Crippen MR) is 72.3 cm³/mol. The Labute approximate surface area is 113 Å². The van der Waals surface area contributed by atoms with Gasteiger partial charge in [-0.3, -0.25) is 9.48 Å². The van der Waals surface area contributed by atoms with E-state index in [-0.39, 0.29) is 11.9 Å². The summed E-state index contributed by atoms with van der Waals surface area (Å²) in [5, 5.41) is 10.3. The number of aromatic nitrogens is 2. The summed E-state index contributed by atoms with van der Waals surface area (Å²) in [6.45, 7) is 3.71. The van der Waals surface area contributed by atoms with Crippen LogP contribution in [0.4, 0.5) is 0 Å². The van der Waals surface area contributed by atoms with Gasteiger partial charge in [-0.05, 0) is 26.3 Å². The monoisotopic (exact) mass is 266 g/mol. The highest BCUT2D eigenvalue weighted by Gasteiger charge is 2.30. The van der Waals surface area contributed by atoms with Gasteiger partial charge in [0.25, 0.3) is 0 Å². The fourth-order valence-electron chi connectivity index (χ4n) is 2.74. The number of hydrogen-bond donors (Lipinski definition) is 2. The van der Waals surface area contributed by atoms with Gasteiger partial charge in [0.1, 0.15) is 0 Å². The normalized spacial score (nSPS) is 23.1. The molecule has 1 fully saturated rings. The Morgan fingerprint density at radius 1 is 1.68 bits per heavy atom. The molecule has 2 unspecified atom stereocenters. The molecular formula is C13H22N4O2. The highest BCUT2D eigenvalue weighted by atomic mass is 16.5. The molecule has 0 radical (unpaired) electrons. The van der Waals surface area contributed by atoms with Crippen molar-refractivity contribution in [1.29, 1.82) is 0 Å². The van der Waals surface area contributed by atoms with Crippen LogP contribution < -0.4 is 15.4 Å². The SMILES string of the molecule is CCn1ncc(OC)c1C1CCNC(C(=O)NC)C1. The van der Waals surface area contributed by atoms with Gasteiger partial charge in [-0.2, -0.15) is 5.10 Å². The van der Waals surface area contributed by atoms with Gasteiger partial charge < -0.3 is 15.4 Å². The maximum Gasteiger partial charge on any atom is 0.236 e. The number of aryl methyl sites for hydroxylation is 1. The van der Waals surface area contributed by atoms with E-state index in [9.17, 15) is 4.79 Å². The molecule has 1 amide bonds. The lowest BCUT2D eigenvalue weighted by Gasteiger charge is -2.29. The molecule has 6 nitrogen and oxygen atoms in total. The molecular weight excluding hydrogens is 244 g/mol. The number of methoxy groups -OCH3 is 1. The lowest BCUT2D eigenvalue weighted by atomic mass is 9.89. The third-order valence-corrected chi connectivity index (χ3v) is 3.72. The minimum absolute atomic E-state index is 0.0474. The molecule has 1 aliphatic rings. The first-order chi connectivity index (χ1) is 9.21. The van der Waals surface area contributed by atoms with Crippen LogP contribution in [0.15, 0.2) is 6.20 Å². The molecule has 1 saturated heterocycles. The van der Waals surface area contributed by atoms with Crippen LogP contribution >= 0.6 is 0 Å². The summed E-state index contributed by atoms with van der Waals surface area (Å²) in [6, 6.07) is -0.131. The van der Waals surface area contributed by atoms with E-state index in [1.54, 1.807) is 20.4 Å². The highest BCUT2D eigenvalue weighted by molar-refractivity contribution is 5.81. The van der Waals surface area contributed by atoms with Crippen LogP contribution in [-0.4, -0.2) is 42.4 Å². The molecule has 2 rings (SSSR count). The number of likely N-dealkylation sites (N-methyl/N-ethyl adjacent to an activating group) is 1. The van der Waals surface area contributed by atoms with Crippen LogP contribution in [0, 0.1) is 0 Å². The third-order valence-electron chi connectivity index (χ3n) is 3.72. The van der Waals surface area contributed by atoms with Crippen molar-refractivity contribution in [2.45, 2.75) is 38.3 Å². The van der Waals surface area contributed by atoms with E-state index in [0.717, 1.165) is 37.4 Å². The molecule has 0 bridgehead atoms. The maximum atomic E-state index is 11.8. The van der Waals surface area contributed by atoms with Crippen molar-refractivity contribution in [2.75, 3.05) is 20.7 Å². The molecule has 19 heavy (non-hydrogen) atoms. The molecule has 1 aromatic heterocycles. The summed E-state index contributed by atoms with van der Waals surface area (Å²) in [5.74, 6) is 1.18. The first kappa shape index (κ1) is 13.9. The zero-order valence-electron chi connectivity index (χ0n) is 11.8. The van der Waals surface area contributed by atoms with Gasteiger partial charge in [0.05, 0.1) is 25.0 Å². The van der Waals surface area contributed by atoms with Crippen LogP contribution in [0.1, 0.15) is 31.4 Å². The van der Waals surface area contributed by atoms with E-state index in [0.29, 0.717) is 5.92 Å². The quantitative estimate of drug-likeness (QED) is 0.832. The van der Waals surface area contributed by atoms with E-state index in [2.05, 4.69) is 22.7 Å². The number of rotatable bonds is 4. The van der Waals surface area contributed by atoms with Crippen LogP contribution in [0.25, 0.3) is 0 Å². The highest BCUT2D eigenvalue weighted by Crippen LogP contribution is 2.34. The Bertz CT molecular complexity index is 422. The lowest BCUT2D eigenvalue weighted by molar-refractivity contribution is -0.123. The molecule has 2 heterocycles. The topological polar surface area (TPSA) is 68.2 Å². The lowest BCUT2D eigenvalue weighted by Crippen LogP contribution is -2.47. The van der Waals surface area contributed by atoms with E-state index in [1.807, 2.05) is 4.68 Å². The number of amides is 1. The van der Waals surface area contributed by atoms with Gasteiger partial charge in [-0.25, -0.2) is 0 Å². The van der Waals surface area contributed by atoms with Gasteiger partial charge in [0.2, 0.25) is 5.91 Å². The van der Waals surface area contributed by atoms with Crippen molar-refractivity contribution >= 4 is 5.91 Å². The minimum atomic E-state index is -0.131. The predicted octanol–water partition coefficient (Wildman–Crippen LogP) is 0.493. The van der Waals surface area contributed by atoms with Crippen LogP contribution in [-0.2, 0) is 11.3 Å². The fourth-order valence-corrected chi connectivity index (χ4v) is 2.74. The molecule has 0 spiro atoms. The van der Waals surface area contributed by atoms with E-state index in [1.165, 1.54) is 0 Å². The van der Waals surface area contributed by atoms with Crippen molar-refractivity contribution in [2.24, 2.45) is 0 Å². The largest absolute Gasteiger partial charge is 0.493 e. The van der Waals surface area contributed by atoms with E-state index < -0.39 is 0 Å². The molecule has 0 aromatic carbocycles. The Kier molecular flexibility index (Phi) is 4.42. The second-order valence-electron chi connectivity index (χ2n) is 4.76. The average molecular weight is 266 g/mol. The van der Waals surface area contributed by atoms with E-state index >= 15 is 0 Å². The first-order valence-electron chi connectivity index (χ1n) is 6.75. The van der Waals surface area contributed by atoms with Crippen molar-refractivity contribution in [3.63, 3.8) is 0 Å². The smallest absolute Gasteiger partial charge is 0.236 e. The Hall–Kier alpha value is -1.56. The molecule has 2 N–H and O–H groups in total. The molecule has 0 saturated carbocycles. The summed E-state index contributed by atoms with van der Waals surface area (Å²) in [4.78, 5) is 11.8. The standard InChI is InChI=1S/C13H22N4O2/c1-4-17-12(11(19-3)8-16-17)9-5-6-15-10(7-9)13(18)14-2/h8-10,15H,4-7H2,1-3H3,(H,14,18). The molecule has 106 valence electrons. The first-order valence-corrected chi connectivity index (χ1v) is 6.75. The zero-order valence-corrected chi connectivity index (χ0v) is 11.8. The Morgan fingerprint density at radius 2 is 2.47 bits per heavy atom. The summed E-state index contributed by atoms with van der Waals surface area (Å²) in [6.07, 6.45) is 3.53. The molecule has 6 heteroatoms. The molecule has 2 atom stereocenters.